The lowest BCUT2D eigenvalue weighted by Gasteiger charge is -2.00. The van der Waals surface area contributed by atoms with Crippen LogP contribution in [0.5, 0.6) is 0 Å². The highest BCUT2D eigenvalue weighted by atomic mass is 79.9. The van der Waals surface area contributed by atoms with Crippen molar-refractivity contribution in [2.24, 2.45) is 0 Å². The predicted octanol–water partition coefficient (Wildman–Crippen LogP) is 3.44. The lowest BCUT2D eigenvalue weighted by Crippen LogP contribution is -1.97. The van der Waals surface area contributed by atoms with Gasteiger partial charge in [0.2, 0.25) is 0 Å². The molecule has 1 aromatic heterocycles. The molecule has 13 heavy (non-hydrogen) atoms. The number of unbranched alkanes of at least 4 members (excludes halogenated alkanes) is 3. The van der Waals surface area contributed by atoms with E-state index in [4.69, 9.17) is 11.6 Å². The van der Waals surface area contributed by atoms with Gasteiger partial charge in [-0.1, -0.05) is 12.8 Å². The summed E-state index contributed by atoms with van der Waals surface area (Å²) in [5.74, 6) is 0.785. The molecular weight excluding hydrogens is 251 g/mol. The highest BCUT2D eigenvalue weighted by Crippen LogP contribution is 2.08. The molecular formula is C9H14BrClN2. The summed E-state index contributed by atoms with van der Waals surface area (Å²) in [6.07, 6.45) is 8.60. The zero-order chi connectivity index (χ0) is 9.52. The molecule has 0 unspecified atom stereocenters. The van der Waals surface area contributed by atoms with Gasteiger partial charge >= 0.3 is 0 Å². The van der Waals surface area contributed by atoms with Crippen LogP contribution in [0.3, 0.4) is 0 Å². The van der Waals surface area contributed by atoms with Crippen LogP contribution in [0.2, 0.25) is 0 Å². The average Bonchev–Trinajstić information content (AvgIpc) is 2.51. The number of halogens is 2. The molecule has 0 fully saturated rings. The molecule has 1 heterocycles. The molecule has 0 N–H and O–H groups in total. The van der Waals surface area contributed by atoms with E-state index in [1.807, 2.05) is 17.1 Å². The summed E-state index contributed by atoms with van der Waals surface area (Å²) in [5.41, 5.74) is 0. The van der Waals surface area contributed by atoms with Gasteiger partial charge in [-0.3, -0.25) is 4.68 Å². The van der Waals surface area contributed by atoms with Gasteiger partial charge in [0.25, 0.3) is 0 Å². The topological polar surface area (TPSA) is 17.8 Å². The Balaban J connectivity index is 2.06. The molecule has 0 aliphatic heterocycles. The van der Waals surface area contributed by atoms with E-state index >= 15 is 0 Å². The van der Waals surface area contributed by atoms with Crippen molar-refractivity contribution in [1.29, 1.82) is 0 Å². The fraction of sp³-hybridized carbons (Fsp3) is 0.667. The van der Waals surface area contributed by atoms with Crippen molar-refractivity contribution in [2.75, 3.05) is 5.88 Å². The first-order valence-corrected chi connectivity index (χ1v) is 5.89. The van der Waals surface area contributed by atoms with E-state index in [1.165, 1.54) is 19.3 Å². The molecule has 0 bridgehead atoms. The van der Waals surface area contributed by atoms with E-state index in [-0.39, 0.29) is 0 Å². The summed E-state index contributed by atoms with van der Waals surface area (Å²) in [4.78, 5) is 0. The first-order valence-electron chi connectivity index (χ1n) is 4.57. The molecule has 0 aromatic carbocycles. The van der Waals surface area contributed by atoms with E-state index in [1.54, 1.807) is 0 Å². The summed E-state index contributed by atoms with van der Waals surface area (Å²) < 4.78 is 3.01. The SMILES string of the molecule is ClCCCCCCn1cc(Br)cn1. The molecule has 74 valence electrons. The Labute approximate surface area is 92.4 Å². The van der Waals surface area contributed by atoms with Gasteiger partial charge in [0.05, 0.1) is 10.7 Å². The Bertz CT molecular complexity index is 237. The lowest BCUT2D eigenvalue weighted by atomic mass is 10.2. The highest BCUT2D eigenvalue weighted by Gasteiger charge is 1.94. The maximum absolute atomic E-state index is 5.58. The number of aryl methyl sites for hydroxylation is 1. The molecule has 2 nitrogen and oxygen atoms in total. The van der Waals surface area contributed by atoms with Crippen molar-refractivity contribution in [3.8, 4) is 0 Å². The molecule has 0 saturated carbocycles. The fourth-order valence-electron chi connectivity index (χ4n) is 1.18. The third-order valence-electron chi connectivity index (χ3n) is 1.87. The second-order valence-corrected chi connectivity index (χ2v) is 4.32. The Morgan fingerprint density at radius 1 is 1.31 bits per heavy atom. The predicted molar refractivity (Wildman–Crippen MR) is 59.1 cm³/mol. The van der Waals surface area contributed by atoms with Crippen molar-refractivity contribution in [3.63, 3.8) is 0 Å². The molecule has 4 heteroatoms. The quantitative estimate of drug-likeness (QED) is 0.569. The summed E-state index contributed by atoms with van der Waals surface area (Å²) in [6.45, 7) is 1.01. The maximum Gasteiger partial charge on any atom is 0.0632 e. The minimum absolute atomic E-state index is 0.785. The van der Waals surface area contributed by atoms with Gasteiger partial charge in [-0.2, -0.15) is 5.10 Å². The van der Waals surface area contributed by atoms with Gasteiger partial charge in [-0.05, 0) is 28.8 Å². The largest absolute Gasteiger partial charge is 0.272 e. The normalized spacial score (nSPS) is 10.6. The Morgan fingerprint density at radius 3 is 2.69 bits per heavy atom. The van der Waals surface area contributed by atoms with Gasteiger partial charge in [0, 0.05) is 18.6 Å². The molecule has 0 aliphatic rings. The third-order valence-corrected chi connectivity index (χ3v) is 2.55. The Hall–Kier alpha value is -0.0200. The minimum atomic E-state index is 0.785. The molecule has 0 atom stereocenters. The Morgan fingerprint density at radius 2 is 2.08 bits per heavy atom. The van der Waals surface area contributed by atoms with E-state index in [2.05, 4.69) is 21.0 Å². The maximum atomic E-state index is 5.58. The number of nitrogens with zero attached hydrogens (tertiary/aromatic N) is 2. The van der Waals surface area contributed by atoms with Crippen LogP contribution < -0.4 is 0 Å². The zero-order valence-electron chi connectivity index (χ0n) is 7.55. The van der Waals surface area contributed by atoms with Crippen LogP contribution >= 0.6 is 27.5 Å². The standard InChI is InChI=1S/C9H14BrClN2/c10-9-7-12-13(8-9)6-4-2-1-3-5-11/h7-8H,1-6H2. The van der Waals surface area contributed by atoms with Crippen molar-refractivity contribution >= 4 is 27.5 Å². The summed E-state index contributed by atoms with van der Waals surface area (Å²) in [6, 6.07) is 0. The van der Waals surface area contributed by atoms with E-state index in [0.717, 1.165) is 23.3 Å². The van der Waals surface area contributed by atoms with Gasteiger partial charge in [-0.25, -0.2) is 0 Å². The van der Waals surface area contributed by atoms with Crippen LogP contribution in [0.15, 0.2) is 16.9 Å². The second kappa shape index (κ2) is 6.44. The molecule has 0 amide bonds. The Kier molecular flexibility index (Phi) is 5.47. The van der Waals surface area contributed by atoms with E-state index in [9.17, 15) is 0 Å². The molecule has 1 aromatic rings. The van der Waals surface area contributed by atoms with Crippen LogP contribution in [0, 0.1) is 0 Å². The number of alkyl halides is 1. The van der Waals surface area contributed by atoms with Crippen molar-refractivity contribution in [1.82, 2.24) is 9.78 Å². The molecule has 0 radical (unpaired) electrons. The van der Waals surface area contributed by atoms with E-state index < -0.39 is 0 Å². The van der Waals surface area contributed by atoms with Crippen LogP contribution in [0.1, 0.15) is 25.7 Å². The van der Waals surface area contributed by atoms with E-state index in [0.29, 0.717) is 0 Å². The average molecular weight is 266 g/mol. The summed E-state index contributed by atoms with van der Waals surface area (Å²) in [5, 5.41) is 4.18. The fourth-order valence-corrected chi connectivity index (χ4v) is 1.70. The van der Waals surface area contributed by atoms with Crippen molar-refractivity contribution in [3.05, 3.63) is 16.9 Å². The smallest absolute Gasteiger partial charge is 0.0632 e. The van der Waals surface area contributed by atoms with Gasteiger partial charge in [0.15, 0.2) is 0 Å². The number of aromatic nitrogens is 2. The minimum Gasteiger partial charge on any atom is -0.272 e. The molecule has 0 aliphatic carbocycles. The number of rotatable bonds is 6. The first kappa shape index (κ1) is 11.1. The molecule has 0 spiro atoms. The molecule has 1 rings (SSSR count). The van der Waals surface area contributed by atoms with Crippen molar-refractivity contribution < 1.29 is 0 Å². The highest BCUT2D eigenvalue weighted by molar-refractivity contribution is 9.10. The summed E-state index contributed by atoms with van der Waals surface area (Å²) >= 11 is 8.94. The van der Waals surface area contributed by atoms with Crippen LogP contribution in [-0.2, 0) is 6.54 Å². The van der Waals surface area contributed by atoms with Crippen molar-refractivity contribution in [2.45, 2.75) is 32.2 Å². The van der Waals surface area contributed by atoms with Gasteiger partial charge < -0.3 is 0 Å². The zero-order valence-corrected chi connectivity index (χ0v) is 9.89. The third kappa shape index (κ3) is 4.67. The van der Waals surface area contributed by atoms with Gasteiger partial charge in [-0.15, -0.1) is 11.6 Å². The first-order chi connectivity index (χ1) is 6.33. The van der Waals surface area contributed by atoms with Crippen LogP contribution in [-0.4, -0.2) is 15.7 Å². The van der Waals surface area contributed by atoms with Crippen LogP contribution in [0.25, 0.3) is 0 Å². The number of hydrogen-bond donors (Lipinski definition) is 0. The monoisotopic (exact) mass is 264 g/mol. The molecule has 0 saturated heterocycles. The number of hydrogen-bond acceptors (Lipinski definition) is 1. The summed E-state index contributed by atoms with van der Waals surface area (Å²) in [7, 11) is 0. The second-order valence-electron chi connectivity index (χ2n) is 3.02. The van der Waals surface area contributed by atoms with Gasteiger partial charge in [0.1, 0.15) is 0 Å². The lowest BCUT2D eigenvalue weighted by molar-refractivity contribution is 0.542. The van der Waals surface area contributed by atoms with Crippen LogP contribution in [0.4, 0.5) is 0 Å².